The Morgan fingerprint density at radius 2 is 2.05 bits per heavy atom. The third-order valence-corrected chi connectivity index (χ3v) is 4.86. The molecule has 3 heteroatoms. The standard InChI is InChI=1S/C18H28N2O/c1-12(2)16-6-4-5-7-17(16)20-11-15-9-8-14(18(19)21)10-13(15)3/h8-10,12,16-17,20H,4-7,11H2,1-3H3,(H2,19,21). The summed E-state index contributed by atoms with van der Waals surface area (Å²) in [6.07, 6.45) is 5.32. The van der Waals surface area contributed by atoms with E-state index in [2.05, 4.69) is 19.2 Å². The Labute approximate surface area is 128 Å². The molecule has 0 saturated heterocycles. The largest absolute Gasteiger partial charge is 0.366 e. The molecule has 2 rings (SSSR count). The number of primary amides is 1. The minimum atomic E-state index is -0.357. The van der Waals surface area contributed by atoms with Crippen molar-refractivity contribution in [1.82, 2.24) is 5.32 Å². The van der Waals surface area contributed by atoms with Crippen molar-refractivity contribution in [3.8, 4) is 0 Å². The summed E-state index contributed by atoms with van der Waals surface area (Å²) in [6, 6.07) is 6.36. The summed E-state index contributed by atoms with van der Waals surface area (Å²) < 4.78 is 0. The maximum atomic E-state index is 11.2. The van der Waals surface area contributed by atoms with Crippen molar-refractivity contribution in [3.63, 3.8) is 0 Å². The molecule has 2 unspecified atom stereocenters. The lowest BCUT2D eigenvalue weighted by molar-refractivity contribution is 0.1000. The molecule has 1 aromatic carbocycles. The summed E-state index contributed by atoms with van der Waals surface area (Å²) in [7, 11) is 0. The first-order chi connectivity index (χ1) is 9.99. The molecule has 3 nitrogen and oxygen atoms in total. The van der Waals surface area contributed by atoms with E-state index in [1.54, 1.807) is 0 Å². The van der Waals surface area contributed by atoms with Gasteiger partial charge in [-0.2, -0.15) is 0 Å². The van der Waals surface area contributed by atoms with Crippen LogP contribution >= 0.6 is 0 Å². The van der Waals surface area contributed by atoms with Crippen LogP contribution < -0.4 is 11.1 Å². The van der Waals surface area contributed by atoms with Crippen LogP contribution in [0.1, 0.15) is 61.0 Å². The predicted octanol–water partition coefficient (Wildman–Crippen LogP) is 3.40. The van der Waals surface area contributed by atoms with Crippen LogP contribution in [0.4, 0.5) is 0 Å². The van der Waals surface area contributed by atoms with Crippen molar-refractivity contribution in [2.75, 3.05) is 0 Å². The van der Waals surface area contributed by atoms with E-state index >= 15 is 0 Å². The Morgan fingerprint density at radius 3 is 2.67 bits per heavy atom. The monoisotopic (exact) mass is 288 g/mol. The number of hydrogen-bond donors (Lipinski definition) is 2. The molecule has 1 aliphatic rings. The van der Waals surface area contributed by atoms with Gasteiger partial charge in [0.25, 0.3) is 0 Å². The van der Waals surface area contributed by atoms with E-state index in [0.29, 0.717) is 11.6 Å². The number of benzene rings is 1. The van der Waals surface area contributed by atoms with Crippen molar-refractivity contribution < 1.29 is 4.79 Å². The maximum Gasteiger partial charge on any atom is 0.248 e. The summed E-state index contributed by atoms with van der Waals surface area (Å²) in [5, 5.41) is 3.74. The molecule has 0 heterocycles. The van der Waals surface area contributed by atoms with E-state index in [0.717, 1.165) is 23.9 Å². The van der Waals surface area contributed by atoms with Gasteiger partial charge in [-0.05, 0) is 54.9 Å². The van der Waals surface area contributed by atoms with Gasteiger partial charge in [-0.15, -0.1) is 0 Å². The average Bonchev–Trinajstić information content (AvgIpc) is 2.46. The van der Waals surface area contributed by atoms with E-state index in [-0.39, 0.29) is 5.91 Å². The second kappa shape index (κ2) is 7.08. The molecule has 21 heavy (non-hydrogen) atoms. The number of rotatable bonds is 5. The molecule has 1 aromatic rings. The minimum absolute atomic E-state index is 0.357. The van der Waals surface area contributed by atoms with Crippen LogP contribution in [0.2, 0.25) is 0 Å². The van der Waals surface area contributed by atoms with Crippen LogP contribution in [0.5, 0.6) is 0 Å². The number of carbonyl (C=O) groups is 1. The molecule has 0 spiro atoms. The predicted molar refractivity (Wildman–Crippen MR) is 87.1 cm³/mol. The van der Waals surface area contributed by atoms with Gasteiger partial charge in [0.1, 0.15) is 0 Å². The van der Waals surface area contributed by atoms with E-state index in [1.807, 2.05) is 25.1 Å². The van der Waals surface area contributed by atoms with E-state index < -0.39 is 0 Å². The van der Waals surface area contributed by atoms with Crippen LogP contribution in [0.3, 0.4) is 0 Å². The minimum Gasteiger partial charge on any atom is -0.366 e. The van der Waals surface area contributed by atoms with Crippen LogP contribution in [-0.2, 0) is 6.54 Å². The Bertz CT molecular complexity index is 496. The summed E-state index contributed by atoms with van der Waals surface area (Å²) in [5.74, 6) is 1.16. The summed E-state index contributed by atoms with van der Waals surface area (Å²) >= 11 is 0. The van der Waals surface area contributed by atoms with Gasteiger partial charge in [-0.3, -0.25) is 4.79 Å². The molecule has 0 bridgehead atoms. The molecular weight excluding hydrogens is 260 g/mol. The topological polar surface area (TPSA) is 55.1 Å². The number of nitrogens with two attached hydrogens (primary N) is 1. The highest BCUT2D eigenvalue weighted by molar-refractivity contribution is 5.93. The van der Waals surface area contributed by atoms with Crippen molar-refractivity contribution in [1.29, 1.82) is 0 Å². The zero-order valence-corrected chi connectivity index (χ0v) is 13.5. The van der Waals surface area contributed by atoms with E-state index in [1.165, 1.54) is 31.2 Å². The normalized spacial score (nSPS) is 22.5. The first-order valence-electron chi connectivity index (χ1n) is 8.11. The quantitative estimate of drug-likeness (QED) is 0.872. The molecule has 116 valence electrons. The fourth-order valence-electron chi connectivity index (χ4n) is 3.50. The molecule has 1 amide bonds. The number of hydrogen-bond acceptors (Lipinski definition) is 2. The first kappa shape index (κ1) is 16.0. The summed E-state index contributed by atoms with van der Waals surface area (Å²) in [5.41, 5.74) is 8.30. The van der Waals surface area contributed by atoms with Crippen LogP contribution in [0, 0.1) is 18.8 Å². The summed E-state index contributed by atoms with van der Waals surface area (Å²) in [4.78, 5) is 11.2. The molecular formula is C18H28N2O. The van der Waals surface area contributed by atoms with Gasteiger partial charge in [0, 0.05) is 18.2 Å². The zero-order valence-electron chi connectivity index (χ0n) is 13.5. The van der Waals surface area contributed by atoms with Crippen molar-refractivity contribution in [2.24, 2.45) is 17.6 Å². The van der Waals surface area contributed by atoms with E-state index in [9.17, 15) is 4.79 Å². The second-order valence-corrected chi connectivity index (χ2v) is 6.69. The fraction of sp³-hybridized carbons (Fsp3) is 0.611. The third kappa shape index (κ3) is 4.07. The number of carbonyl (C=O) groups excluding carboxylic acids is 1. The molecule has 3 N–H and O–H groups in total. The average molecular weight is 288 g/mol. The molecule has 1 fully saturated rings. The highest BCUT2D eigenvalue weighted by Crippen LogP contribution is 2.30. The first-order valence-corrected chi connectivity index (χ1v) is 8.11. The van der Waals surface area contributed by atoms with Gasteiger partial charge in [-0.1, -0.05) is 32.8 Å². The van der Waals surface area contributed by atoms with Crippen LogP contribution in [0.15, 0.2) is 18.2 Å². The van der Waals surface area contributed by atoms with Gasteiger partial charge < -0.3 is 11.1 Å². The lowest BCUT2D eigenvalue weighted by Crippen LogP contribution is -2.40. The number of amides is 1. The Balaban J connectivity index is 2.00. The number of aryl methyl sites for hydroxylation is 1. The SMILES string of the molecule is Cc1cc(C(N)=O)ccc1CNC1CCCCC1C(C)C. The van der Waals surface area contributed by atoms with Crippen LogP contribution in [-0.4, -0.2) is 11.9 Å². The van der Waals surface area contributed by atoms with E-state index in [4.69, 9.17) is 5.73 Å². The summed E-state index contributed by atoms with van der Waals surface area (Å²) in [6.45, 7) is 7.58. The van der Waals surface area contributed by atoms with Gasteiger partial charge >= 0.3 is 0 Å². The third-order valence-electron chi connectivity index (χ3n) is 4.86. The van der Waals surface area contributed by atoms with Crippen molar-refractivity contribution in [3.05, 3.63) is 34.9 Å². The van der Waals surface area contributed by atoms with Crippen molar-refractivity contribution in [2.45, 2.75) is 59.0 Å². The molecule has 2 atom stereocenters. The zero-order chi connectivity index (χ0) is 15.4. The van der Waals surface area contributed by atoms with Gasteiger partial charge in [0.15, 0.2) is 0 Å². The Morgan fingerprint density at radius 1 is 1.33 bits per heavy atom. The molecule has 1 saturated carbocycles. The Kier molecular flexibility index (Phi) is 5.40. The molecule has 1 aliphatic carbocycles. The fourth-order valence-corrected chi connectivity index (χ4v) is 3.50. The van der Waals surface area contributed by atoms with Crippen molar-refractivity contribution >= 4 is 5.91 Å². The highest BCUT2D eigenvalue weighted by atomic mass is 16.1. The second-order valence-electron chi connectivity index (χ2n) is 6.69. The van der Waals surface area contributed by atoms with Gasteiger partial charge in [-0.25, -0.2) is 0 Å². The smallest absolute Gasteiger partial charge is 0.248 e. The van der Waals surface area contributed by atoms with Gasteiger partial charge in [0.05, 0.1) is 0 Å². The van der Waals surface area contributed by atoms with Crippen LogP contribution in [0.25, 0.3) is 0 Å². The highest BCUT2D eigenvalue weighted by Gasteiger charge is 2.26. The van der Waals surface area contributed by atoms with Gasteiger partial charge in [0.2, 0.25) is 5.91 Å². The lowest BCUT2D eigenvalue weighted by Gasteiger charge is -2.35. The molecule has 0 aromatic heterocycles. The molecule has 0 aliphatic heterocycles. The maximum absolute atomic E-state index is 11.2. The Hall–Kier alpha value is -1.35. The molecule has 0 radical (unpaired) electrons. The lowest BCUT2D eigenvalue weighted by atomic mass is 9.78. The number of nitrogens with one attached hydrogen (secondary N) is 1.